The van der Waals surface area contributed by atoms with E-state index in [9.17, 15) is 18.5 Å². The lowest BCUT2D eigenvalue weighted by molar-refractivity contribution is -0.386. The van der Waals surface area contributed by atoms with Crippen LogP contribution in [0, 0.1) is 10.1 Å². The van der Waals surface area contributed by atoms with Crippen LogP contribution in [0.15, 0.2) is 23.1 Å². The van der Waals surface area contributed by atoms with Crippen molar-refractivity contribution in [2.45, 2.75) is 23.0 Å². The molecule has 0 aliphatic carbocycles. The molecule has 1 aromatic rings. The lowest BCUT2D eigenvalue weighted by Crippen LogP contribution is -2.29. The van der Waals surface area contributed by atoms with E-state index >= 15 is 0 Å². The number of sulfone groups is 1. The Morgan fingerprint density at radius 3 is 2.55 bits per heavy atom. The Morgan fingerprint density at radius 1 is 1.35 bits per heavy atom. The van der Waals surface area contributed by atoms with E-state index in [0.717, 1.165) is 6.07 Å². The molecular weight excluding hydrogens is 286 g/mol. The fourth-order valence-electron chi connectivity index (χ4n) is 2.17. The highest BCUT2D eigenvalue weighted by atomic mass is 32.2. The van der Waals surface area contributed by atoms with Crippen molar-refractivity contribution in [3.05, 3.63) is 28.3 Å². The van der Waals surface area contributed by atoms with Gasteiger partial charge in [0.05, 0.1) is 22.2 Å². The number of hydrogen-bond donors (Lipinski definition) is 0. The summed E-state index contributed by atoms with van der Waals surface area (Å²) in [6.07, 6.45) is 0.810. The minimum atomic E-state index is -3.58. The van der Waals surface area contributed by atoms with E-state index in [1.54, 1.807) is 0 Å². The minimum Gasteiger partial charge on any atom is -0.490 e. The van der Waals surface area contributed by atoms with E-state index in [1.165, 1.54) is 19.2 Å². The highest BCUT2D eigenvalue weighted by Crippen LogP contribution is 2.32. The van der Waals surface area contributed by atoms with Crippen molar-refractivity contribution in [1.29, 1.82) is 0 Å². The van der Waals surface area contributed by atoms with Crippen molar-refractivity contribution in [3.63, 3.8) is 0 Å². The van der Waals surface area contributed by atoms with Crippen molar-refractivity contribution in [3.8, 4) is 5.75 Å². The second-order valence-electron chi connectivity index (χ2n) is 4.45. The predicted molar refractivity (Wildman–Crippen MR) is 70.7 cm³/mol. The van der Waals surface area contributed by atoms with Gasteiger partial charge in [0.15, 0.2) is 15.6 Å². The summed E-state index contributed by atoms with van der Waals surface area (Å²) in [4.78, 5) is 10.3. The van der Waals surface area contributed by atoms with E-state index in [0.29, 0.717) is 26.1 Å². The van der Waals surface area contributed by atoms with Crippen LogP contribution in [0.4, 0.5) is 5.69 Å². The first kappa shape index (κ1) is 14.7. The molecule has 1 aliphatic rings. The smallest absolute Gasteiger partial charge is 0.312 e. The topological polar surface area (TPSA) is 95.7 Å². The number of rotatable bonds is 4. The minimum absolute atomic E-state index is 0.0425. The van der Waals surface area contributed by atoms with Gasteiger partial charge in [0.25, 0.3) is 0 Å². The summed E-state index contributed by atoms with van der Waals surface area (Å²) in [5.74, 6) is 0.0425. The highest BCUT2D eigenvalue weighted by molar-refractivity contribution is 7.92. The normalized spacial score (nSPS) is 16.9. The average molecular weight is 301 g/mol. The number of benzene rings is 1. The largest absolute Gasteiger partial charge is 0.490 e. The standard InChI is InChI=1S/C12H15NO6S/c1-18-12-3-2-10(8-11(12)13(14)15)20(16,17)9-4-6-19-7-5-9/h2-3,8-9H,4-7H2,1H3. The molecule has 110 valence electrons. The Morgan fingerprint density at radius 2 is 2.00 bits per heavy atom. The molecule has 7 nitrogen and oxygen atoms in total. The molecule has 1 saturated heterocycles. The van der Waals surface area contributed by atoms with Gasteiger partial charge < -0.3 is 9.47 Å². The maximum absolute atomic E-state index is 12.4. The van der Waals surface area contributed by atoms with E-state index in [-0.39, 0.29) is 16.3 Å². The molecule has 1 fully saturated rings. The molecule has 0 aromatic heterocycles. The summed E-state index contributed by atoms with van der Waals surface area (Å²) in [7, 11) is -2.28. The Bertz CT molecular complexity index is 606. The first-order valence-corrected chi connectivity index (χ1v) is 7.65. The monoisotopic (exact) mass is 301 g/mol. The first-order chi connectivity index (χ1) is 9.46. The third-order valence-electron chi connectivity index (χ3n) is 3.28. The van der Waals surface area contributed by atoms with Gasteiger partial charge in [0.1, 0.15) is 0 Å². The molecule has 2 rings (SSSR count). The zero-order chi connectivity index (χ0) is 14.8. The van der Waals surface area contributed by atoms with Crippen LogP contribution in [0.3, 0.4) is 0 Å². The zero-order valence-electron chi connectivity index (χ0n) is 10.9. The lowest BCUT2D eigenvalue weighted by Gasteiger charge is -2.22. The third kappa shape index (κ3) is 2.75. The van der Waals surface area contributed by atoms with Crippen LogP contribution < -0.4 is 4.74 Å². The van der Waals surface area contributed by atoms with Crippen molar-refractivity contribution >= 4 is 15.5 Å². The van der Waals surface area contributed by atoms with Crippen molar-refractivity contribution in [2.75, 3.05) is 20.3 Å². The Balaban J connectivity index is 2.41. The summed E-state index contributed by atoms with van der Waals surface area (Å²) >= 11 is 0. The number of ether oxygens (including phenoxy) is 2. The van der Waals surface area contributed by atoms with Crippen molar-refractivity contribution < 1.29 is 22.8 Å². The lowest BCUT2D eigenvalue weighted by atomic mass is 10.2. The fourth-order valence-corrected chi connectivity index (χ4v) is 3.90. The van der Waals surface area contributed by atoms with Crippen LogP contribution in [-0.4, -0.2) is 38.9 Å². The third-order valence-corrected chi connectivity index (χ3v) is 5.54. The molecule has 1 aromatic carbocycles. The Labute approximate surface area is 116 Å². The van der Waals surface area contributed by atoms with Gasteiger partial charge in [0.2, 0.25) is 0 Å². The molecule has 0 saturated carbocycles. The van der Waals surface area contributed by atoms with E-state index < -0.39 is 20.0 Å². The highest BCUT2D eigenvalue weighted by Gasteiger charge is 2.31. The zero-order valence-corrected chi connectivity index (χ0v) is 11.8. The summed E-state index contributed by atoms with van der Waals surface area (Å²) in [6.45, 7) is 0.782. The van der Waals surface area contributed by atoms with Gasteiger partial charge in [-0.15, -0.1) is 0 Å². The molecule has 8 heteroatoms. The Kier molecular flexibility index (Phi) is 4.24. The van der Waals surface area contributed by atoms with E-state index in [4.69, 9.17) is 9.47 Å². The van der Waals surface area contributed by atoms with Gasteiger partial charge in [-0.05, 0) is 25.0 Å². The van der Waals surface area contributed by atoms with Gasteiger partial charge >= 0.3 is 5.69 Å². The molecule has 0 bridgehead atoms. The molecule has 0 atom stereocenters. The molecule has 20 heavy (non-hydrogen) atoms. The molecular formula is C12H15NO6S. The maximum Gasteiger partial charge on any atom is 0.312 e. The summed E-state index contributed by atoms with van der Waals surface area (Å²) < 4.78 is 34.9. The number of methoxy groups -OCH3 is 1. The van der Waals surface area contributed by atoms with Crippen LogP contribution in [-0.2, 0) is 14.6 Å². The van der Waals surface area contributed by atoms with Crippen LogP contribution in [0.25, 0.3) is 0 Å². The van der Waals surface area contributed by atoms with E-state index in [2.05, 4.69) is 0 Å². The van der Waals surface area contributed by atoms with Gasteiger partial charge in [-0.1, -0.05) is 0 Å². The molecule has 0 N–H and O–H groups in total. The van der Waals surface area contributed by atoms with Gasteiger partial charge in [-0.2, -0.15) is 0 Å². The van der Waals surface area contributed by atoms with Crippen LogP contribution in [0.5, 0.6) is 5.75 Å². The van der Waals surface area contributed by atoms with Crippen molar-refractivity contribution in [1.82, 2.24) is 0 Å². The molecule has 1 aliphatic heterocycles. The summed E-state index contributed by atoms with van der Waals surface area (Å²) in [5.41, 5.74) is -0.347. The number of hydrogen-bond acceptors (Lipinski definition) is 6. The number of nitro benzene ring substituents is 1. The van der Waals surface area contributed by atoms with Crippen LogP contribution in [0.1, 0.15) is 12.8 Å². The molecule has 0 amide bonds. The number of nitrogens with zero attached hydrogens (tertiary/aromatic N) is 1. The quantitative estimate of drug-likeness (QED) is 0.618. The SMILES string of the molecule is COc1ccc(S(=O)(=O)C2CCOCC2)cc1[N+](=O)[O-]. The maximum atomic E-state index is 12.4. The van der Waals surface area contributed by atoms with Gasteiger partial charge in [-0.3, -0.25) is 10.1 Å². The van der Waals surface area contributed by atoms with Crippen LogP contribution >= 0.6 is 0 Å². The number of nitro groups is 1. The molecule has 0 unspecified atom stereocenters. The average Bonchev–Trinajstić information content (AvgIpc) is 2.47. The fraction of sp³-hybridized carbons (Fsp3) is 0.500. The first-order valence-electron chi connectivity index (χ1n) is 6.11. The van der Waals surface area contributed by atoms with Gasteiger partial charge in [0, 0.05) is 19.3 Å². The molecule has 0 radical (unpaired) electrons. The Hall–Kier alpha value is -1.67. The molecule has 1 heterocycles. The predicted octanol–water partition coefficient (Wildman–Crippen LogP) is 1.56. The van der Waals surface area contributed by atoms with Gasteiger partial charge in [-0.25, -0.2) is 8.42 Å². The van der Waals surface area contributed by atoms with Crippen LogP contribution in [0.2, 0.25) is 0 Å². The molecule has 0 spiro atoms. The van der Waals surface area contributed by atoms with E-state index in [1.807, 2.05) is 0 Å². The second-order valence-corrected chi connectivity index (χ2v) is 6.68. The van der Waals surface area contributed by atoms with Crippen molar-refractivity contribution in [2.24, 2.45) is 0 Å². The summed E-state index contributed by atoms with van der Waals surface area (Å²) in [5, 5.41) is 10.4. The second kappa shape index (κ2) is 5.76. The summed E-state index contributed by atoms with van der Waals surface area (Å²) in [6, 6.07) is 3.71.